The number of carbonyl (C=O) groups excluding carboxylic acids is 3. The molecule has 1 atom stereocenters. The Kier molecular flexibility index (Phi) is 3.03. The van der Waals surface area contributed by atoms with E-state index in [1.54, 1.807) is 12.3 Å². The minimum atomic E-state index is -1.13. The predicted molar refractivity (Wildman–Crippen MR) is 75.2 cm³/mol. The number of hydrogen-bond acceptors (Lipinski definition) is 6. The maximum absolute atomic E-state index is 12.5. The fourth-order valence-corrected chi connectivity index (χ4v) is 3.71. The second-order valence-corrected chi connectivity index (χ2v) is 6.34. The van der Waals surface area contributed by atoms with Crippen LogP contribution in [0, 0.1) is 0 Å². The van der Waals surface area contributed by atoms with Crippen LogP contribution in [0.5, 0.6) is 0 Å². The highest BCUT2D eigenvalue weighted by Crippen LogP contribution is 2.39. The number of amides is 3. The summed E-state index contributed by atoms with van der Waals surface area (Å²) in [5, 5.41) is 11.5. The lowest BCUT2D eigenvalue weighted by Crippen LogP contribution is -2.62. The van der Waals surface area contributed by atoms with E-state index in [0.29, 0.717) is 10.6 Å². The Labute approximate surface area is 124 Å². The lowest BCUT2D eigenvalue weighted by atomic mass is 9.88. The first-order valence-corrected chi connectivity index (χ1v) is 7.41. The van der Waals surface area contributed by atoms with E-state index < -0.39 is 24.1 Å². The van der Waals surface area contributed by atoms with Gasteiger partial charge in [-0.1, -0.05) is 0 Å². The van der Waals surface area contributed by atoms with Crippen molar-refractivity contribution in [1.82, 2.24) is 9.80 Å². The van der Waals surface area contributed by atoms with Gasteiger partial charge in [-0.05, 0) is 13.3 Å². The number of nitrogens with two attached hydrogens (primary N) is 1. The molecule has 3 amide bonds. The summed E-state index contributed by atoms with van der Waals surface area (Å²) in [6, 6.07) is 0. The van der Waals surface area contributed by atoms with Crippen molar-refractivity contribution < 1.29 is 19.5 Å². The van der Waals surface area contributed by atoms with Crippen LogP contribution in [0.1, 0.15) is 35.7 Å². The maximum atomic E-state index is 12.5. The molecular formula is C13H15N3O4S. The van der Waals surface area contributed by atoms with E-state index in [4.69, 9.17) is 5.73 Å². The summed E-state index contributed by atoms with van der Waals surface area (Å²) < 4.78 is 0. The Balaban J connectivity index is 1.95. The van der Waals surface area contributed by atoms with Gasteiger partial charge in [-0.3, -0.25) is 19.3 Å². The number of fused-ring (bicyclic) bond motifs is 1. The van der Waals surface area contributed by atoms with E-state index in [2.05, 4.69) is 0 Å². The molecule has 8 heteroatoms. The van der Waals surface area contributed by atoms with Crippen molar-refractivity contribution >= 4 is 34.1 Å². The van der Waals surface area contributed by atoms with E-state index in [-0.39, 0.29) is 25.3 Å². The molecule has 0 unspecified atom stereocenters. The van der Waals surface area contributed by atoms with Crippen LogP contribution in [0.4, 0.5) is 5.00 Å². The number of nitrogens with zero attached hydrogens (tertiary/aromatic N) is 2. The molecule has 0 aliphatic carbocycles. The second-order valence-electron chi connectivity index (χ2n) is 5.43. The van der Waals surface area contributed by atoms with Crippen molar-refractivity contribution in [1.29, 1.82) is 0 Å². The van der Waals surface area contributed by atoms with Gasteiger partial charge in [0.05, 0.1) is 17.1 Å². The van der Waals surface area contributed by atoms with Gasteiger partial charge in [0.1, 0.15) is 12.3 Å². The molecule has 0 bridgehead atoms. The minimum Gasteiger partial charge on any atom is -0.390 e. The number of rotatable bonds is 2. The molecule has 2 aliphatic rings. The number of nitrogen functional groups attached to an aromatic ring is 1. The average molecular weight is 309 g/mol. The molecule has 3 rings (SSSR count). The van der Waals surface area contributed by atoms with Crippen LogP contribution in [0.2, 0.25) is 0 Å². The summed E-state index contributed by atoms with van der Waals surface area (Å²) in [6.07, 6.45) is 0.370. The quantitative estimate of drug-likeness (QED) is 0.756. The molecule has 0 saturated carbocycles. The third-order valence-corrected chi connectivity index (χ3v) is 5.14. The zero-order chi connectivity index (χ0) is 15.4. The fraction of sp³-hybridized carbons (Fsp3) is 0.462. The van der Waals surface area contributed by atoms with Crippen molar-refractivity contribution in [3.8, 4) is 0 Å². The van der Waals surface area contributed by atoms with E-state index in [1.165, 1.54) is 16.2 Å². The molecule has 2 aliphatic heterocycles. The summed E-state index contributed by atoms with van der Waals surface area (Å²) in [5.41, 5.74) is 5.99. The number of aliphatic hydroxyl groups is 1. The smallest absolute Gasteiger partial charge is 0.256 e. The number of imide groups is 1. The van der Waals surface area contributed by atoms with Gasteiger partial charge in [-0.2, -0.15) is 0 Å². The number of likely N-dealkylation sites (tertiary alicyclic amines) is 1. The minimum absolute atomic E-state index is 0.120. The van der Waals surface area contributed by atoms with Gasteiger partial charge < -0.3 is 15.7 Å². The first-order chi connectivity index (χ1) is 9.90. The Morgan fingerprint density at radius 2 is 2.14 bits per heavy atom. The molecule has 1 saturated heterocycles. The molecule has 1 fully saturated rings. The van der Waals surface area contributed by atoms with Gasteiger partial charge in [0.2, 0.25) is 5.91 Å². The first-order valence-electron chi connectivity index (χ1n) is 6.53. The monoisotopic (exact) mass is 309 g/mol. The van der Waals surface area contributed by atoms with E-state index in [1.807, 2.05) is 0 Å². The van der Waals surface area contributed by atoms with Crippen molar-refractivity contribution in [3.05, 3.63) is 16.5 Å². The second kappa shape index (κ2) is 4.54. The van der Waals surface area contributed by atoms with Crippen LogP contribution in [0.25, 0.3) is 0 Å². The summed E-state index contributed by atoms with van der Waals surface area (Å²) in [5.74, 6) is -1.21. The van der Waals surface area contributed by atoms with Crippen LogP contribution < -0.4 is 5.73 Å². The Morgan fingerprint density at radius 3 is 2.76 bits per heavy atom. The van der Waals surface area contributed by atoms with Crippen LogP contribution in [0.3, 0.4) is 0 Å². The molecule has 112 valence electrons. The van der Waals surface area contributed by atoms with Crippen LogP contribution in [-0.4, -0.2) is 44.9 Å². The summed E-state index contributed by atoms with van der Waals surface area (Å²) in [7, 11) is 0. The van der Waals surface area contributed by atoms with Crippen molar-refractivity contribution in [3.63, 3.8) is 0 Å². The molecule has 0 spiro atoms. The lowest BCUT2D eigenvalue weighted by Gasteiger charge is -2.43. The fourth-order valence-electron chi connectivity index (χ4n) is 2.90. The number of carbonyl (C=O) groups is 3. The van der Waals surface area contributed by atoms with E-state index in [0.717, 1.165) is 10.5 Å². The third-order valence-electron chi connectivity index (χ3n) is 4.29. The van der Waals surface area contributed by atoms with E-state index >= 15 is 0 Å². The maximum Gasteiger partial charge on any atom is 0.256 e. The zero-order valence-corrected chi connectivity index (χ0v) is 12.3. The van der Waals surface area contributed by atoms with Gasteiger partial charge in [0.25, 0.3) is 11.8 Å². The number of piperidine rings is 1. The summed E-state index contributed by atoms with van der Waals surface area (Å²) >= 11 is 1.31. The Hall–Kier alpha value is -1.93. The first kappa shape index (κ1) is 14.0. The number of aliphatic hydroxyl groups excluding tert-OH is 1. The summed E-state index contributed by atoms with van der Waals surface area (Å²) in [4.78, 5) is 38.9. The molecule has 7 nitrogen and oxygen atoms in total. The topological polar surface area (TPSA) is 104 Å². The largest absolute Gasteiger partial charge is 0.390 e. The normalized spacial score (nSPS) is 25.7. The van der Waals surface area contributed by atoms with Crippen LogP contribution >= 0.6 is 11.3 Å². The molecule has 0 aromatic carbocycles. The highest BCUT2D eigenvalue weighted by molar-refractivity contribution is 7.14. The van der Waals surface area contributed by atoms with Gasteiger partial charge >= 0.3 is 0 Å². The van der Waals surface area contributed by atoms with Crippen molar-refractivity contribution in [2.75, 3.05) is 12.5 Å². The zero-order valence-electron chi connectivity index (χ0n) is 11.5. The van der Waals surface area contributed by atoms with Crippen molar-refractivity contribution in [2.24, 2.45) is 0 Å². The predicted octanol–water partition coefficient (Wildman–Crippen LogP) is 0.144. The van der Waals surface area contributed by atoms with Gasteiger partial charge in [0, 0.05) is 17.4 Å². The SMILES string of the molecule is C[C@@]1(N2Cc3c(csc3N)C2=O)CCC(=O)N(CO)C1=O. The lowest BCUT2D eigenvalue weighted by molar-refractivity contribution is -0.162. The third kappa shape index (κ3) is 1.79. The number of thiophene rings is 1. The van der Waals surface area contributed by atoms with Gasteiger partial charge in [-0.15, -0.1) is 11.3 Å². The highest BCUT2D eigenvalue weighted by atomic mass is 32.1. The number of anilines is 1. The Bertz CT molecular complexity index is 656. The molecule has 3 heterocycles. The highest BCUT2D eigenvalue weighted by Gasteiger charge is 2.51. The molecular weight excluding hydrogens is 294 g/mol. The van der Waals surface area contributed by atoms with Gasteiger partial charge in [0.15, 0.2) is 0 Å². The molecule has 3 N–H and O–H groups in total. The van der Waals surface area contributed by atoms with Gasteiger partial charge in [-0.25, -0.2) is 0 Å². The van der Waals surface area contributed by atoms with E-state index in [9.17, 15) is 19.5 Å². The standard InChI is InChI=1S/C13H15N3O4S/c1-13(3-2-9(18)15(6-17)12(13)20)16-4-7-8(11(16)19)5-21-10(7)14/h5,17H,2-4,6,14H2,1H3/t13-/m1/s1. The van der Waals surface area contributed by atoms with Crippen LogP contribution in [0.15, 0.2) is 5.38 Å². The molecule has 0 radical (unpaired) electrons. The average Bonchev–Trinajstić information content (AvgIpc) is 2.97. The molecule has 1 aromatic heterocycles. The number of hydrogen-bond donors (Lipinski definition) is 2. The summed E-state index contributed by atoms with van der Waals surface area (Å²) in [6.45, 7) is 1.23. The molecule has 21 heavy (non-hydrogen) atoms. The Morgan fingerprint density at radius 1 is 1.43 bits per heavy atom. The van der Waals surface area contributed by atoms with Crippen molar-refractivity contribution in [2.45, 2.75) is 31.8 Å². The molecule has 1 aromatic rings. The van der Waals surface area contributed by atoms with Crippen LogP contribution in [-0.2, 0) is 16.1 Å².